The van der Waals surface area contributed by atoms with Crippen LogP contribution in [-0.2, 0) is 4.79 Å². The lowest BCUT2D eigenvalue weighted by Gasteiger charge is -2.12. The topological polar surface area (TPSA) is 71.2 Å². The number of anilines is 2. The van der Waals surface area contributed by atoms with Crippen LogP contribution in [0.5, 0.6) is 0 Å². The number of likely N-dealkylation sites (N-methyl/N-ethyl adjacent to an activating group) is 1. The summed E-state index contributed by atoms with van der Waals surface area (Å²) in [4.78, 5) is 16.6. The number of nitrogens with two attached hydrogens (primary N) is 1. The van der Waals surface area contributed by atoms with Crippen molar-refractivity contribution in [1.29, 1.82) is 0 Å². The van der Waals surface area contributed by atoms with Gasteiger partial charge in [0.2, 0.25) is 5.91 Å². The fraction of sp³-hybridized carbons (Fsp3) is 0.333. The van der Waals surface area contributed by atoms with Crippen molar-refractivity contribution in [1.82, 2.24) is 9.88 Å². The minimum Gasteiger partial charge on any atom is -0.396 e. The van der Waals surface area contributed by atoms with Gasteiger partial charge in [-0.15, -0.1) is 0 Å². The molecule has 0 spiro atoms. The molecule has 1 aromatic rings. The summed E-state index contributed by atoms with van der Waals surface area (Å²) in [6.07, 6.45) is 3.17. The molecule has 76 valence electrons. The van der Waals surface area contributed by atoms with Crippen LogP contribution in [0.1, 0.15) is 0 Å². The fourth-order valence-corrected chi connectivity index (χ4v) is 0.897. The summed E-state index contributed by atoms with van der Waals surface area (Å²) in [6, 6.07) is 1.73. The number of pyridine rings is 1. The second-order valence-electron chi connectivity index (χ2n) is 3.10. The third-order valence-corrected chi connectivity index (χ3v) is 1.78. The highest BCUT2D eigenvalue weighted by Crippen LogP contribution is 2.14. The van der Waals surface area contributed by atoms with Crippen LogP contribution in [0.15, 0.2) is 18.5 Å². The molecule has 1 rings (SSSR count). The maximum Gasteiger partial charge on any atom is 0.241 e. The van der Waals surface area contributed by atoms with Crippen molar-refractivity contribution in [3.05, 3.63) is 18.5 Å². The number of aromatic nitrogens is 1. The summed E-state index contributed by atoms with van der Waals surface area (Å²) in [5, 5.41) is 2.94. The Hall–Kier alpha value is -1.78. The molecule has 0 fully saturated rings. The smallest absolute Gasteiger partial charge is 0.241 e. The van der Waals surface area contributed by atoms with E-state index in [1.165, 1.54) is 4.90 Å². The molecule has 1 heterocycles. The molecular weight excluding hydrogens is 180 g/mol. The lowest BCUT2D eigenvalue weighted by atomic mass is 10.3. The number of hydrogen-bond acceptors (Lipinski definition) is 4. The van der Waals surface area contributed by atoms with Crippen molar-refractivity contribution in [3.63, 3.8) is 0 Å². The van der Waals surface area contributed by atoms with Crippen molar-refractivity contribution in [2.75, 3.05) is 31.7 Å². The van der Waals surface area contributed by atoms with E-state index in [-0.39, 0.29) is 12.5 Å². The van der Waals surface area contributed by atoms with Crippen molar-refractivity contribution in [2.24, 2.45) is 0 Å². The maximum atomic E-state index is 11.2. The van der Waals surface area contributed by atoms with E-state index in [1.54, 1.807) is 32.6 Å². The first-order valence-electron chi connectivity index (χ1n) is 4.25. The summed E-state index contributed by atoms with van der Waals surface area (Å²) in [7, 11) is 3.42. The van der Waals surface area contributed by atoms with Gasteiger partial charge in [-0.05, 0) is 6.07 Å². The van der Waals surface area contributed by atoms with E-state index in [4.69, 9.17) is 5.73 Å². The molecule has 0 unspecified atom stereocenters. The molecule has 0 aliphatic heterocycles. The van der Waals surface area contributed by atoms with Crippen molar-refractivity contribution in [3.8, 4) is 0 Å². The minimum absolute atomic E-state index is 0.00112. The quantitative estimate of drug-likeness (QED) is 0.719. The summed E-state index contributed by atoms with van der Waals surface area (Å²) < 4.78 is 0. The number of nitrogens with one attached hydrogen (secondary N) is 1. The average Bonchev–Trinajstić information content (AvgIpc) is 2.16. The van der Waals surface area contributed by atoms with Crippen molar-refractivity contribution in [2.45, 2.75) is 0 Å². The zero-order chi connectivity index (χ0) is 10.6. The Balaban J connectivity index is 2.54. The second-order valence-corrected chi connectivity index (χ2v) is 3.10. The van der Waals surface area contributed by atoms with E-state index in [9.17, 15) is 4.79 Å². The molecule has 0 saturated heterocycles. The normalized spacial score (nSPS) is 9.57. The second kappa shape index (κ2) is 4.45. The van der Waals surface area contributed by atoms with Gasteiger partial charge in [-0.1, -0.05) is 0 Å². The van der Waals surface area contributed by atoms with E-state index >= 15 is 0 Å². The predicted molar refractivity (Wildman–Crippen MR) is 55.8 cm³/mol. The molecule has 14 heavy (non-hydrogen) atoms. The fourth-order valence-electron chi connectivity index (χ4n) is 0.897. The van der Waals surface area contributed by atoms with Gasteiger partial charge in [-0.2, -0.15) is 0 Å². The van der Waals surface area contributed by atoms with Gasteiger partial charge in [0.15, 0.2) is 0 Å². The lowest BCUT2D eigenvalue weighted by molar-refractivity contribution is -0.126. The Bertz CT molecular complexity index is 324. The minimum atomic E-state index is 0.00112. The van der Waals surface area contributed by atoms with E-state index in [0.29, 0.717) is 5.69 Å². The first-order valence-corrected chi connectivity index (χ1v) is 4.25. The first-order chi connectivity index (χ1) is 6.61. The molecule has 1 amide bonds. The standard InChI is InChI=1S/C9H14N4O/c1-13(2)9(14)6-12-8-3-4-11-5-7(8)10/h3-5H,6,10H2,1-2H3,(H,11,12). The Labute approximate surface area is 82.9 Å². The van der Waals surface area contributed by atoms with Gasteiger partial charge in [-0.3, -0.25) is 9.78 Å². The molecule has 1 aromatic heterocycles. The molecule has 0 bridgehead atoms. The van der Waals surface area contributed by atoms with Gasteiger partial charge >= 0.3 is 0 Å². The first kappa shape index (κ1) is 10.3. The summed E-state index contributed by atoms with van der Waals surface area (Å²) in [5.74, 6) is 0.00112. The molecule has 5 heteroatoms. The molecule has 3 N–H and O–H groups in total. The zero-order valence-electron chi connectivity index (χ0n) is 8.32. The average molecular weight is 194 g/mol. The number of carbonyl (C=O) groups is 1. The Morgan fingerprint density at radius 2 is 2.36 bits per heavy atom. The van der Waals surface area contributed by atoms with Crippen LogP contribution in [0.25, 0.3) is 0 Å². The van der Waals surface area contributed by atoms with Crippen LogP contribution in [-0.4, -0.2) is 36.4 Å². The molecule has 0 aliphatic rings. The number of carbonyl (C=O) groups excluding carboxylic acids is 1. The molecular formula is C9H14N4O. The highest BCUT2D eigenvalue weighted by Gasteiger charge is 2.04. The Morgan fingerprint density at radius 1 is 1.64 bits per heavy atom. The Kier molecular flexibility index (Phi) is 3.28. The van der Waals surface area contributed by atoms with Crippen LogP contribution < -0.4 is 11.1 Å². The highest BCUT2D eigenvalue weighted by molar-refractivity contribution is 5.81. The van der Waals surface area contributed by atoms with Gasteiger partial charge in [0, 0.05) is 20.3 Å². The van der Waals surface area contributed by atoms with Crippen LogP contribution in [0.2, 0.25) is 0 Å². The van der Waals surface area contributed by atoms with E-state index < -0.39 is 0 Å². The van der Waals surface area contributed by atoms with Crippen LogP contribution in [0.3, 0.4) is 0 Å². The van der Waals surface area contributed by atoms with E-state index in [2.05, 4.69) is 10.3 Å². The zero-order valence-corrected chi connectivity index (χ0v) is 8.32. The van der Waals surface area contributed by atoms with Gasteiger partial charge in [0.05, 0.1) is 24.1 Å². The molecule has 0 saturated carbocycles. The summed E-state index contributed by atoms with van der Waals surface area (Å²) in [5.41, 5.74) is 6.91. The van der Waals surface area contributed by atoms with Gasteiger partial charge in [0.25, 0.3) is 0 Å². The van der Waals surface area contributed by atoms with Crippen molar-refractivity contribution >= 4 is 17.3 Å². The number of amides is 1. The largest absolute Gasteiger partial charge is 0.396 e. The van der Waals surface area contributed by atoms with E-state index in [1.807, 2.05) is 0 Å². The Morgan fingerprint density at radius 3 is 2.93 bits per heavy atom. The number of nitrogen functional groups attached to an aromatic ring is 1. The maximum absolute atomic E-state index is 11.2. The summed E-state index contributed by atoms with van der Waals surface area (Å²) >= 11 is 0. The predicted octanol–water partition coefficient (Wildman–Crippen LogP) is 0.164. The molecule has 0 aliphatic carbocycles. The molecule has 0 aromatic carbocycles. The third-order valence-electron chi connectivity index (χ3n) is 1.78. The molecule has 0 atom stereocenters. The van der Waals surface area contributed by atoms with E-state index in [0.717, 1.165) is 5.69 Å². The van der Waals surface area contributed by atoms with Crippen LogP contribution >= 0.6 is 0 Å². The number of nitrogens with zero attached hydrogens (tertiary/aromatic N) is 2. The van der Waals surface area contributed by atoms with Crippen LogP contribution in [0, 0.1) is 0 Å². The van der Waals surface area contributed by atoms with Crippen LogP contribution in [0.4, 0.5) is 11.4 Å². The molecule has 5 nitrogen and oxygen atoms in total. The monoisotopic (exact) mass is 194 g/mol. The SMILES string of the molecule is CN(C)C(=O)CNc1ccncc1N. The highest BCUT2D eigenvalue weighted by atomic mass is 16.2. The number of hydrogen-bond donors (Lipinski definition) is 2. The lowest BCUT2D eigenvalue weighted by Crippen LogP contribution is -2.28. The van der Waals surface area contributed by atoms with Crippen molar-refractivity contribution < 1.29 is 4.79 Å². The number of rotatable bonds is 3. The summed E-state index contributed by atoms with van der Waals surface area (Å²) in [6.45, 7) is 0.237. The third kappa shape index (κ3) is 2.62. The molecule has 0 radical (unpaired) electrons. The van der Waals surface area contributed by atoms with Gasteiger partial charge in [0.1, 0.15) is 0 Å². The van der Waals surface area contributed by atoms with Gasteiger partial charge in [-0.25, -0.2) is 0 Å². The van der Waals surface area contributed by atoms with Gasteiger partial charge < -0.3 is 16.0 Å².